The Morgan fingerprint density at radius 3 is 2.85 bits per heavy atom. The molecule has 13 heavy (non-hydrogen) atoms. The number of aromatic nitrogens is 2. The van der Waals surface area contributed by atoms with Crippen LogP contribution in [0, 0.1) is 0 Å². The minimum Gasteiger partial charge on any atom is -0.396 e. The zero-order chi connectivity index (χ0) is 9.68. The Morgan fingerprint density at radius 2 is 2.23 bits per heavy atom. The minimum absolute atomic E-state index is 0.283. The number of unbranched alkanes of at least 4 members (excludes halogenated alkanes) is 1. The molecular formula is C10H18N2O. The molecule has 1 aromatic heterocycles. The summed E-state index contributed by atoms with van der Waals surface area (Å²) in [5.41, 5.74) is 2.53. The van der Waals surface area contributed by atoms with Gasteiger partial charge in [-0.1, -0.05) is 13.8 Å². The van der Waals surface area contributed by atoms with Crippen molar-refractivity contribution in [1.82, 2.24) is 10.2 Å². The molecule has 0 atom stereocenters. The molecule has 0 unspecified atom stereocenters. The predicted molar refractivity (Wildman–Crippen MR) is 52.7 cm³/mol. The van der Waals surface area contributed by atoms with E-state index in [0.29, 0.717) is 5.92 Å². The van der Waals surface area contributed by atoms with E-state index < -0.39 is 0 Å². The number of aliphatic hydroxyl groups excluding tert-OH is 1. The molecule has 0 aliphatic carbocycles. The molecule has 3 heteroatoms. The van der Waals surface area contributed by atoms with Gasteiger partial charge in [-0.15, -0.1) is 0 Å². The molecule has 0 aliphatic heterocycles. The summed E-state index contributed by atoms with van der Waals surface area (Å²) in [6.07, 6.45) is 4.79. The lowest BCUT2D eigenvalue weighted by atomic mass is 10.0. The molecular weight excluding hydrogens is 164 g/mol. The molecule has 0 spiro atoms. The summed E-state index contributed by atoms with van der Waals surface area (Å²) < 4.78 is 0. The van der Waals surface area contributed by atoms with E-state index in [4.69, 9.17) is 5.11 Å². The van der Waals surface area contributed by atoms with Crippen LogP contribution in [0.4, 0.5) is 0 Å². The second kappa shape index (κ2) is 5.02. The fourth-order valence-corrected chi connectivity index (χ4v) is 1.43. The highest BCUT2D eigenvalue weighted by atomic mass is 16.2. The lowest BCUT2D eigenvalue weighted by Crippen LogP contribution is -1.95. The summed E-state index contributed by atoms with van der Waals surface area (Å²) in [4.78, 5) is 0. The molecule has 1 rings (SSSR count). The van der Waals surface area contributed by atoms with Gasteiger partial charge in [0.15, 0.2) is 0 Å². The standard InChI is InChI=1S/C10H18N2O/c1-8(2)9-7-11-12-10(9)5-3-4-6-13/h7-8,13H,3-6H2,1-2H3,(H,11,12). The number of rotatable bonds is 5. The number of aromatic amines is 1. The summed E-state index contributed by atoms with van der Waals surface area (Å²) in [5.74, 6) is 0.530. The normalized spacial score (nSPS) is 11.1. The van der Waals surface area contributed by atoms with Crippen molar-refractivity contribution < 1.29 is 5.11 Å². The Hall–Kier alpha value is -0.830. The molecule has 0 bridgehead atoms. The number of hydrogen-bond donors (Lipinski definition) is 2. The molecule has 0 saturated heterocycles. The molecule has 0 fully saturated rings. The molecule has 1 heterocycles. The van der Waals surface area contributed by atoms with Crippen molar-refractivity contribution in [3.8, 4) is 0 Å². The van der Waals surface area contributed by atoms with E-state index in [0.717, 1.165) is 19.3 Å². The Labute approximate surface area is 79.2 Å². The maximum atomic E-state index is 8.65. The summed E-state index contributed by atoms with van der Waals surface area (Å²) in [7, 11) is 0. The van der Waals surface area contributed by atoms with E-state index in [1.807, 2.05) is 6.20 Å². The number of H-pyrrole nitrogens is 1. The van der Waals surface area contributed by atoms with Crippen molar-refractivity contribution in [2.45, 2.75) is 39.0 Å². The number of nitrogens with one attached hydrogen (secondary N) is 1. The first-order valence-electron chi connectivity index (χ1n) is 4.88. The molecule has 0 aromatic carbocycles. The van der Waals surface area contributed by atoms with Crippen LogP contribution in [0.2, 0.25) is 0 Å². The molecule has 74 valence electrons. The first-order chi connectivity index (χ1) is 6.25. The molecule has 0 saturated carbocycles. The highest BCUT2D eigenvalue weighted by Crippen LogP contribution is 2.18. The van der Waals surface area contributed by atoms with E-state index in [1.54, 1.807) is 0 Å². The number of hydrogen-bond acceptors (Lipinski definition) is 2. The van der Waals surface area contributed by atoms with Crippen LogP contribution < -0.4 is 0 Å². The fraction of sp³-hybridized carbons (Fsp3) is 0.700. The van der Waals surface area contributed by atoms with Crippen LogP contribution in [0.15, 0.2) is 6.20 Å². The van der Waals surface area contributed by atoms with Gasteiger partial charge in [0.2, 0.25) is 0 Å². The zero-order valence-corrected chi connectivity index (χ0v) is 8.38. The van der Waals surface area contributed by atoms with Gasteiger partial charge in [0.25, 0.3) is 0 Å². The van der Waals surface area contributed by atoms with Crippen molar-refractivity contribution in [3.05, 3.63) is 17.5 Å². The highest BCUT2D eigenvalue weighted by Gasteiger charge is 2.07. The average molecular weight is 182 g/mol. The van der Waals surface area contributed by atoms with Gasteiger partial charge in [0.05, 0.1) is 6.20 Å². The Bertz CT molecular complexity index is 243. The van der Waals surface area contributed by atoms with Gasteiger partial charge in [-0.25, -0.2) is 0 Å². The first kappa shape index (κ1) is 10.3. The van der Waals surface area contributed by atoms with Crippen molar-refractivity contribution in [2.75, 3.05) is 6.61 Å². The quantitative estimate of drug-likeness (QED) is 0.683. The van der Waals surface area contributed by atoms with E-state index in [-0.39, 0.29) is 6.61 Å². The van der Waals surface area contributed by atoms with Crippen LogP contribution in [-0.4, -0.2) is 21.9 Å². The van der Waals surface area contributed by atoms with Gasteiger partial charge in [-0.05, 0) is 30.7 Å². The maximum Gasteiger partial charge on any atom is 0.0524 e. The van der Waals surface area contributed by atoms with Gasteiger partial charge < -0.3 is 5.11 Å². The van der Waals surface area contributed by atoms with E-state index in [2.05, 4.69) is 24.0 Å². The Morgan fingerprint density at radius 1 is 1.46 bits per heavy atom. The number of nitrogens with zero attached hydrogens (tertiary/aromatic N) is 1. The third kappa shape index (κ3) is 2.84. The third-order valence-electron chi connectivity index (χ3n) is 2.21. The largest absolute Gasteiger partial charge is 0.396 e. The van der Waals surface area contributed by atoms with Crippen LogP contribution in [-0.2, 0) is 6.42 Å². The predicted octanol–water partition coefficient (Wildman–Crippen LogP) is 1.85. The van der Waals surface area contributed by atoms with Crippen molar-refractivity contribution in [2.24, 2.45) is 0 Å². The second-order valence-corrected chi connectivity index (χ2v) is 3.64. The highest BCUT2D eigenvalue weighted by molar-refractivity contribution is 5.19. The lowest BCUT2D eigenvalue weighted by Gasteiger charge is -2.04. The first-order valence-corrected chi connectivity index (χ1v) is 4.88. The summed E-state index contributed by atoms with van der Waals surface area (Å²) in [5, 5.41) is 15.7. The maximum absolute atomic E-state index is 8.65. The van der Waals surface area contributed by atoms with Crippen molar-refractivity contribution >= 4 is 0 Å². The number of aliphatic hydroxyl groups is 1. The number of aryl methyl sites for hydroxylation is 1. The van der Waals surface area contributed by atoms with Crippen LogP contribution >= 0.6 is 0 Å². The monoisotopic (exact) mass is 182 g/mol. The van der Waals surface area contributed by atoms with E-state index in [1.165, 1.54) is 11.3 Å². The van der Waals surface area contributed by atoms with Crippen molar-refractivity contribution in [1.29, 1.82) is 0 Å². The van der Waals surface area contributed by atoms with Gasteiger partial charge in [-0.2, -0.15) is 5.10 Å². The summed E-state index contributed by atoms with van der Waals surface area (Å²) in [6.45, 7) is 4.62. The van der Waals surface area contributed by atoms with Gasteiger partial charge in [0, 0.05) is 12.3 Å². The van der Waals surface area contributed by atoms with Gasteiger partial charge in [-0.3, -0.25) is 5.10 Å². The van der Waals surface area contributed by atoms with Crippen molar-refractivity contribution in [3.63, 3.8) is 0 Å². The summed E-state index contributed by atoms with van der Waals surface area (Å²) in [6, 6.07) is 0. The molecule has 0 amide bonds. The van der Waals surface area contributed by atoms with Gasteiger partial charge >= 0.3 is 0 Å². The SMILES string of the molecule is CC(C)c1cn[nH]c1CCCCO. The van der Waals surface area contributed by atoms with E-state index >= 15 is 0 Å². The second-order valence-electron chi connectivity index (χ2n) is 3.64. The Balaban J connectivity index is 2.50. The zero-order valence-electron chi connectivity index (χ0n) is 8.38. The van der Waals surface area contributed by atoms with E-state index in [9.17, 15) is 0 Å². The molecule has 1 aromatic rings. The molecule has 3 nitrogen and oxygen atoms in total. The smallest absolute Gasteiger partial charge is 0.0524 e. The lowest BCUT2D eigenvalue weighted by molar-refractivity contribution is 0.284. The summed E-state index contributed by atoms with van der Waals surface area (Å²) >= 11 is 0. The van der Waals surface area contributed by atoms with Crippen LogP contribution in [0.5, 0.6) is 0 Å². The van der Waals surface area contributed by atoms with Crippen LogP contribution in [0.3, 0.4) is 0 Å². The Kier molecular flexibility index (Phi) is 3.96. The van der Waals surface area contributed by atoms with Crippen LogP contribution in [0.1, 0.15) is 43.9 Å². The minimum atomic E-state index is 0.283. The van der Waals surface area contributed by atoms with Crippen LogP contribution in [0.25, 0.3) is 0 Å². The third-order valence-corrected chi connectivity index (χ3v) is 2.21. The average Bonchev–Trinajstić information content (AvgIpc) is 2.53. The molecule has 0 radical (unpaired) electrons. The molecule has 0 aliphatic rings. The molecule has 2 N–H and O–H groups in total. The topological polar surface area (TPSA) is 48.9 Å². The van der Waals surface area contributed by atoms with Gasteiger partial charge in [0.1, 0.15) is 0 Å². The fourth-order valence-electron chi connectivity index (χ4n) is 1.43.